The Hall–Kier alpha value is -2.69. The first kappa shape index (κ1) is 9.35. The lowest BCUT2D eigenvalue weighted by atomic mass is 10.3. The van der Waals surface area contributed by atoms with Gasteiger partial charge in [0.05, 0.1) is 28.4 Å². The minimum absolute atomic E-state index is 0.847. The molecule has 0 aliphatic heterocycles. The standard InChI is InChI=1S/C13H9N5/c1-3-14-4-2-8(1)13-17-11-5-9-10(16-7-15-9)6-12(11)18-13/h1-7H,(H,15,16)(H,17,18). The van der Waals surface area contributed by atoms with Gasteiger partial charge in [0.2, 0.25) is 0 Å². The maximum absolute atomic E-state index is 4.58. The third-order valence-corrected chi connectivity index (χ3v) is 2.98. The molecular formula is C13H9N5. The molecule has 4 rings (SSSR count). The lowest BCUT2D eigenvalue weighted by Crippen LogP contribution is -1.79. The summed E-state index contributed by atoms with van der Waals surface area (Å²) in [7, 11) is 0. The van der Waals surface area contributed by atoms with E-state index < -0.39 is 0 Å². The second-order valence-electron chi connectivity index (χ2n) is 4.11. The molecule has 0 aliphatic rings. The van der Waals surface area contributed by atoms with Crippen molar-refractivity contribution in [2.24, 2.45) is 0 Å². The summed E-state index contributed by atoms with van der Waals surface area (Å²) >= 11 is 0. The Morgan fingerprint density at radius 2 is 1.83 bits per heavy atom. The zero-order valence-corrected chi connectivity index (χ0v) is 9.38. The summed E-state index contributed by atoms with van der Waals surface area (Å²) in [4.78, 5) is 19.2. The van der Waals surface area contributed by atoms with Gasteiger partial charge in [-0.1, -0.05) is 0 Å². The molecule has 18 heavy (non-hydrogen) atoms. The van der Waals surface area contributed by atoms with Crippen molar-refractivity contribution in [2.75, 3.05) is 0 Å². The van der Waals surface area contributed by atoms with Gasteiger partial charge in [0, 0.05) is 18.0 Å². The van der Waals surface area contributed by atoms with E-state index in [1.54, 1.807) is 18.7 Å². The molecule has 0 amide bonds. The minimum atomic E-state index is 0.847. The molecule has 0 bridgehead atoms. The number of benzene rings is 1. The van der Waals surface area contributed by atoms with Crippen LogP contribution >= 0.6 is 0 Å². The van der Waals surface area contributed by atoms with Gasteiger partial charge in [0.15, 0.2) is 0 Å². The van der Waals surface area contributed by atoms with E-state index in [0.717, 1.165) is 33.5 Å². The van der Waals surface area contributed by atoms with Crippen molar-refractivity contribution >= 4 is 22.1 Å². The highest BCUT2D eigenvalue weighted by atomic mass is 14.9. The first-order valence-electron chi connectivity index (χ1n) is 5.63. The largest absolute Gasteiger partial charge is 0.345 e. The van der Waals surface area contributed by atoms with Crippen LogP contribution in [-0.4, -0.2) is 24.9 Å². The summed E-state index contributed by atoms with van der Waals surface area (Å²) in [6.45, 7) is 0. The molecule has 4 aromatic rings. The molecule has 0 unspecified atom stereocenters. The third kappa shape index (κ3) is 1.31. The number of aromatic amines is 2. The number of H-pyrrole nitrogens is 2. The molecule has 2 N–H and O–H groups in total. The molecule has 5 heteroatoms. The first-order valence-corrected chi connectivity index (χ1v) is 5.63. The fraction of sp³-hybridized carbons (Fsp3) is 0. The molecule has 1 aromatic carbocycles. The zero-order valence-electron chi connectivity index (χ0n) is 9.38. The number of pyridine rings is 1. The second-order valence-corrected chi connectivity index (χ2v) is 4.11. The van der Waals surface area contributed by atoms with Crippen LogP contribution < -0.4 is 0 Å². The van der Waals surface area contributed by atoms with E-state index in [2.05, 4.69) is 24.9 Å². The lowest BCUT2D eigenvalue weighted by Gasteiger charge is -1.92. The van der Waals surface area contributed by atoms with Crippen molar-refractivity contribution < 1.29 is 0 Å². The number of hydrogen-bond donors (Lipinski definition) is 2. The number of nitrogens with one attached hydrogen (secondary N) is 2. The highest BCUT2D eigenvalue weighted by Gasteiger charge is 2.07. The van der Waals surface area contributed by atoms with E-state index in [-0.39, 0.29) is 0 Å². The molecule has 0 radical (unpaired) electrons. The summed E-state index contributed by atoms with van der Waals surface area (Å²) < 4.78 is 0. The lowest BCUT2D eigenvalue weighted by molar-refractivity contribution is 1.28. The van der Waals surface area contributed by atoms with E-state index in [4.69, 9.17) is 0 Å². The molecule has 3 heterocycles. The number of hydrogen-bond acceptors (Lipinski definition) is 3. The summed E-state index contributed by atoms with van der Waals surface area (Å²) in [6, 6.07) is 7.86. The number of fused-ring (bicyclic) bond motifs is 2. The smallest absolute Gasteiger partial charge is 0.138 e. The predicted octanol–water partition coefficient (Wildman–Crippen LogP) is 2.50. The molecule has 5 nitrogen and oxygen atoms in total. The van der Waals surface area contributed by atoms with Crippen molar-refractivity contribution in [3.05, 3.63) is 43.0 Å². The van der Waals surface area contributed by atoms with Crippen LogP contribution in [0.25, 0.3) is 33.5 Å². The third-order valence-electron chi connectivity index (χ3n) is 2.98. The molecule has 86 valence electrons. The highest BCUT2D eigenvalue weighted by Crippen LogP contribution is 2.22. The van der Waals surface area contributed by atoms with Gasteiger partial charge in [0.25, 0.3) is 0 Å². The van der Waals surface area contributed by atoms with Crippen LogP contribution in [0.2, 0.25) is 0 Å². The van der Waals surface area contributed by atoms with Gasteiger partial charge in [0.1, 0.15) is 5.82 Å². The normalized spacial score (nSPS) is 11.3. The van der Waals surface area contributed by atoms with Crippen LogP contribution in [-0.2, 0) is 0 Å². The van der Waals surface area contributed by atoms with Crippen molar-refractivity contribution in [3.63, 3.8) is 0 Å². The fourth-order valence-electron chi connectivity index (χ4n) is 2.09. The maximum atomic E-state index is 4.58. The Morgan fingerprint density at radius 1 is 0.944 bits per heavy atom. The van der Waals surface area contributed by atoms with Crippen molar-refractivity contribution in [2.45, 2.75) is 0 Å². The van der Waals surface area contributed by atoms with Crippen molar-refractivity contribution in [1.29, 1.82) is 0 Å². The van der Waals surface area contributed by atoms with Gasteiger partial charge in [-0.15, -0.1) is 0 Å². The van der Waals surface area contributed by atoms with Crippen LogP contribution in [0, 0.1) is 0 Å². The molecular weight excluding hydrogens is 226 g/mol. The highest BCUT2D eigenvalue weighted by molar-refractivity contribution is 5.92. The van der Waals surface area contributed by atoms with Crippen LogP contribution in [0.15, 0.2) is 43.0 Å². The molecule has 0 spiro atoms. The summed E-state index contributed by atoms with van der Waals surface area (Å²) in [5, 5.41) is 0. The molecule has 0 fully saturated rings. The van der Waals surface area contributed by atoms with Crippen molar-refractivity contribution in [3.8, 4) is 11.4 Å². The Bertz CT molecular complexity index is 780. The van der Waals surface area contributed by atoms with Gasteiger partial charge in [-0.25, -0.2) is 9.97 Å². The molecule has 3 aromatic heterocycles. The maximum Gasteiger partial charge on any atom is 0.138 e. The van der Waals surface area contributed by atoms with Crippen LogP contribution in [0.3, 0.4) is 0 Å². The summed E-state index contributed by atoms with van der Waals surface area (Å²) in [5.41, 5.74) is 4.88. The monoisotopic (exact) mass is 235 g/mol. The van der Waals surface area contributed by atoms with Crippen LogP contribution in [0.5, 0.6) is 0 Å². The average Bonchev–Trinajstić information content (AvgIpc) is 3.01. The zero-order chi connectivity index (χ0) is 11.9. The Kier molecular flexibility index (Phi) is 1.77. The summed E-state index contributed by atoms with van der Waals surface area (Å²) in [5.74, 6) is 0.847. The number of aromatic nitrogens is 5. The van der Waals surface area contributed by atoms with Gasteiger partial charge in [-0.05, 0) is 24.3 Å². The summed E-state index contributed by atoms with van der Waals surface area (Å²) in [6.07, 6.45) is 5.20. The molecule has 0 saturated carbocycles. The Labute approximate surface area is 102 Å². The topological polar surface area (TPSA) is 70.2 Å². The fourth-order valence-corrected chi connectivity index (χ4v) is 2.09. The van der Waals surface area contributed by atoms with E-state index in [9.17, 15) is 0 Å². The number of nitrogens with zero attached hydrogens (tertiary/aromatic N) is 3. The first-order chi connectivity index (χ1) is 8.90. The molecule has 0 saturated heterocycles. The Morgan fingerprint density at radius 3 is 2.72 bits per heavy atom. The number of rotatable bonds is 1. The van der Waals surface area contributed by atoms with E-state index in [0.29, 0.717) is 0 Å². The predicted molar refractivity (Wildman–Crippen MR) is 69.0 cm³/mol. The SMILES string of the molecule is c1cc(-c2nc3cc4nc[nH]c4cc3[nH]2)ccn1. The quantitative estimate of drug-likeness (QED) is 0.532. The molecule has 0 aliphatic carbocycles. The second kappa shape index (κ2) is 3.40. The van der Waals surface area contributed by atoms with E-state index in [1.807, 2.05) is 24.3 Å². The van der Waals surface area contributed by atoms with Gasteiger partial charge in [-0.3, -0.25) is 4.98 Å². The van der Waals surface area contributed by atoms with Gasteiger partial charge < -0.3 is 9.97 Å². The Balaban J connectivity index is 1.98. The minimum Gasteiger partial charge on any atom is -0.345 e. The van der Waals surface area contributed by atoms with Gasteiger partial charge >= 0.3 is 0 Å². The van der Waals surface area contributed by atoms with Gasteiger partial charge in [-0.2, -0.15) is 0 Å². The molecule has 0 atom stereocenters. The van der Waals surface area contributed by atoms with E-state index in [1.165, 1.54) is 0 Å². The van der Waals surface area contributed by atoms with Crippen LogP contribution in [0.4, 0.5) is 0 Å². The average molecular weight is 235 g/mol. The van der Waals surface area contributed by atoms with Crippen LogP contribution in [0.1, 0.15) is 0 Å². The van der Waals surface area contributed by atoms with Crippen molar-refractivity contribution in [1.82, 2.24) is 24.9 Å². The number of imidazole rings is 2. The van der Waals surface area contributed by atoms with E-state index >= 15 is 0 Å².